The SMILES string of the molecule is C=CN(/C=C\C)C[C@]1(c2ccc(Cl)cc2Cl)OC[C@H](COc2ccc(N3CCN(C(=O)COCC(=O)NC(C(=O)N4CCC[C@H]4C(=O)NC(C)c4ccc(-c5scnc5C)cc4)C(C)(C)C)CC3)cc2)O1. The van der Waals surface area contributed by atoms with Crippen molar-refractivity contribution in [2.75, 3.05) is 70.6 Å². The molecule has 15 nitrogen and oxygen atoms in total. The molecule has 0 radical (unpaired) electrons. The Hall–Kier alpha value is -5.49. The van der Waals surface area contributed by atoms with Gasteiger partial charge in [-0.05, 0) is 99.0 Å². The summed E-state index contributed by atoms with van der Waals surface area (Å²) in [5.41, 5.74) is 5.80. The molecule has 2 N–H and O–H groups in total. The number of benzene rings is 3. The van der Waals surface area contributed by atoms with Crippen LogP contribution in [0.5, 0.6) is 5.75 Å². The number of carbonyl (C=O) groups is 4. The smallest absolute Gasteiger partial charge is 0.248 e. The number of amides is 4. The molecule has 4 amide bonds. The van der Waals surface area contributed by atoms with E-state index in [0.29, 0.717) is 73.5 Å². The maximum absolute atomic E-state index is 14.1. The minimum atomic E-state index is -1.17. The number of ether oxygens (including phenoxy) is 4. The number of anilines is 1. The average Bonchev–Trinajstić information content (AvgIpc) is 4.13. The molecule has 3 aliphatic heterocycles. The molecular formula is C53H65Cl2N7O8S. The highest BCUT2D eigenvalue weighted by atomic mass is 35.5. The minimum absolute atomic E-state index is 0.227. The van der Waals surface area contributed by atoms with Crippen LogP contribution in [-0.2, 0) is 39.2 Å². The van der Waals surface area contributed by atoms with Gasteiger partial charge < -0.3 is 49.2 Å². The summed E-state index contributed by atoms with van der Waals surface area (Å²) in [5, 5.41) is 6.90. The number of hydrogen-bond donors (Lipinski definition) is 2. The molecule has 0 spiro atoms. The number of hydrogen-bond acceptors (Lipinski definition) is 12. The Kier molecular flexibility index (Phi) is 17.9. The summed E-state index contributed by atoms with van der Waals surface area (Å²) >= 11 is 14.4. The summed E-state index contributed by atoms with van der Waals surface area (Å²) in [7, 11) is 0. The van der Waals surface area contributed by atoms with Gasteiger partial charge in [0, 0.05) is 49.0 Å². The van der Waals surface area contributed by atoms with Gasteiger partial charge in [0.15, 0.2) is 0 Å². The molecule has 0 aliphatic carbocycles. The molecule has 18 heteroatoms. The summed E-state index contributed by atoms with van der Waals surface area (Å²) < 4.78 is 24.6. The zero-order chi connectivity index (χ0) is 50.9. The number of nitrogens with one attached hydrogen (secondary N) is 2. The largest absolute Gasteiger partial charge is 0.491 e. The fraction of sp³-hybridized carbons (Fsp3) is 0.453. The van der Waals surface area contributed by atoms with E-state index in [2.05, 4.69) is 27.1 Å². The highest BCUT2D eigenvalue weighted by Gasteiger charge is 2.46. The van der Waals surface area contributed by atoms with Gasteiger partial charge in [0.05, 0.1) is 40.3 Å². The van der Waals surface area contributed by atoms with Gasteiger partial charge in [0.2, 0.25) is 29.4 Å². The third-order valence-electron chi connectivity index (χ3n) is 12.9. The Morgan fingerprint density at radius 3 is 2.38 bits per heavy atom. The zero-order valence-corrected chi connectivity index (χ0v) is 43.7. The molecule has 0 bridgehead atoms. The second kappa shape index (κ2) is 23.8. The third kappa shape index (κ3) is 13.3. The van der Waals surface area contributed by atoms with Crippen LogP contribution >= 0.6 is 34.5 Å². The van der Waals surface area contributed by atoms with Crippen LogP contribution < -0.4 is 20.3 Å². The fourth-order valence-corrected chi connectivity index (χ4v) is 10.4. The van der Waals surface area contributed by atoms with E-state index in [0.717, 1.165) is 27.4 Å². The van der Waals surface area contributed by atoms with Crippen molar-refractivity contribution < 1.29 is 38.1 Å². The second-order valence-corrected chi connectivity index (χ2v) is 20.8. The molecule has 2 unspecified atom stereocenters. The lowest BCUT2D eigenvalue weighted by Crippen LogP contribution is -2.58. The average molecular weight is 1030 g/mol. The van der Waals surface area contributed by atoms with Gasteiger partial charge in [0.25, 0.3) is 0 Å². The summed E-state index contributed by atoms with van der Waals surface area (Å²) in [4.78, 5) is 67.0. The molecule has 4 aromatic rings. The minimum Gasteiger partial charge on any atom is -0.491 e. The van der Waals surface area contributed by atoms with E-state index in [1.54, 1.807) is 39.5 Å². The quantitative estimate of drug-likeness (QED) is 0.0936. The first kappa shape index (κ1) is 53.3. The molecule has 3 fully saturated rings. The Bertz CT molecular complexity index is 2530. The Morgan fingerprint density at radius 2 is 1.73 bits per heavy atom. The predicted octanol–water partition coefficient (Wildman–Crippen LogP) is 8.12. The normalized spacial score (nSPS) is 20.2. The fourth-order valence-electron chi connectivity index (χ4n) is 9.06. The van der Waals surface area contributed by atoms with E-state index >= 15 is 0 Å². The number of carbonyl (C=O) groups excluding carboxylic acids is 4. The molecule has 5 atom stereocenters. The number of nitrogens with zero attached hydrogens (tertiary/aromatic N) is 5. The Morgan fingerprint density at radius 1 is 1.00 bits per heavy atom. The van der Waals surface area contributed by atoms with Crippen molar-refractivity contribution in [3.05, 3.63) is 124 Å². The van der Waals surface area contributed by atoms with Crippen LogP contribution in [0.1, 0.15) is 70.3 Å². The van der Waals surface area contributed by atoms with Crippen molar-refractivity contribution in [2.24, 2.45) is 5.41 Å². The number of aromatic nitrogens is 1. The topological polar surface area (TPSA) is 155 Å². The summed E-state index contributed by atoms with van der Waals surface area (Å²) in [5.74, 6) is -1.81. The van der Waals surface area contributed by atoms with Crippen LogP contribution in [0.2, 0.25) is 10.0 Å². The van der Waals surface area contributed by atoms with E-state index in [1.807, 2.05) is 119 Å². The number of thiazole rings is 1. The van der Waals surface area contributed by atoms with Crippen LogP contribution in [0.25, 0.3) is 10.4 Å². The van der Waals surface area contributed by atoms with E-state index in [1.165, 1.54) is 0 Å². The van der Waals surface area contributed by atoms with Crippen LogP contribution in [0.15, 0.2) is 97.3 Å². The highest BCUT2D eigenvalue weighted by Crippen LogP contribution is 2.40. The number of piperazine rings is 1. The van der Waals surface area contributed by atoms with Gasteiger partial charge in [0.1, 0.15) is 43.8 Å². The maximum atomic E-state index is 14.1. The molecule has 3 saturated heterocycles. The molecule has 0 saturated carbocycles. The molecule has 4 heterocycles. The molecule has 380 valence electrons. The lowest BCUT2D eigenvalue weighted by molar-refractivity contribution is -0.184. The van der Waals surface area contributed by atoms with Crippen molar-refractivity contribution >= 4 is 63.9 Å². The predicted molar refractivity (Wildman–Crippen MR) is 277 cm³/mol. The lowest BCUT2D eigenvalue weighted by Gasteiger charge is -2.36. The van der Waals surface area contributed by atoms with Crippen molar-refractivity contribution in [1.82, 2.24) is 30.3 Å². The monoisotopic (exact) mass is 1030 g/mol. The highest BCUT2D eigenvalue weighted by molar-refractivity contribution is 7.13. The molecular weight excluding hydrogens is 966 g/mol. The van der Waals surface area contributed by atoms with Crippen LogP contribution in [-0.4, -0.2) is 127 Å². The lowest BCUT2D eigenvalue weighted by atomic mass is 9.85. The number of aryl methyl sites for hydroxylation is 1. The molecule has 71 heavy (non-hydrogen) atoms. The van der Waals surface area contributed by atoms with Crippen molar-refractivity contribution in [3.8, 4) is 16.2 Å². The number of rotatable bonds is 19. The molecule has 1 aromatic heterocycles. The van der Waals surface area contributed by atoms with E-state index in [9.17, 15) is 19.2 Å². The van der Waals surface area contributed by atoms with Crippen LogP contribution in [0.3, 0.4) is 0 Å². The first-order chi connectivity index (χ1) is 34.0. The standard InChI is InChI=1S/C53H65Cl2N7O8S/c1-8-22-59(9-2)33-53(43-21-16-39(54)28-44(43)55)69-30-42(70-53)29-68-41-19-17-40(18-20-41)60-24-26-61(27-25-60)47(64)32-67-31-46(63)58-49(52(5,6)7)51(66)62-23-10-11-45(62)50(65)57-35(3)37-12-14-38(15-13-37)48-36(4)56-34-71-48/h8-9,12-22,28,34-35,42,45,49H,2,10-11,23-27,29-33H2,1,3-7H3,(H,57,65)(H,58,63)/b22-8-/t35?,42-,45-,49?,53-/m0/s1. The van der Waals surface area contributed by atoms with Gasteiger partial charge in [-0.2, -0.15) is 0 Å². The molecule has 7 rings (SSSR count). The third-order valence-corrected chi connectivity index (χ3v) is 14.5. The first-order valence-electron chi connectivity index (χ1n) is 24.0. The summed E-state index contributed by atoms with van der Waals surface area (Å²) in [6, 6.07) is 19.2. The maximum Gasteiger partial charge on any atom is 0.248 e. The van der Waals surface area contributed by atoms with Gasteiger partial charge >= 0.3 is 0 Å². The van der Waals surface area contributed by atoms with Gasteiger partial charge in [-0.3, -0.25) is 19.2 Å². The number of halogens is 2. The zero-order valence-electron chi connectivity index (χ0n) is 41.3. The first-order valence-corrected chi connectivity index (χ1v) is 25.6. The van der Waals surface area contributed by atoms with Crippen LogP contribution in [0.4, 0.5) is 5.69 Å². The summed E-state index contributed by atoms with van der Waals surface area (Å²) in [6.07, 6.45) is 6.28. The van der Waals surface area contributed by atoms with Crippen molar-refractivity contribution in [3.63, 3.8) is 0 Å². The van der Waals surface area contributed by atoms with Gasteiger partial charge in [-0.1, -0.05) is 87.0 Å². The summed E-state index contributed by atoms with van der Waals surface area (Å²) in [6.45, 7) is 18.1. The van der Waals surface area contributed by atoms with Gasteiger partial charge in [-0.25, -0.2) is 4.98 Å². The Labute approximate surface area is 431 Å². The van der Waals surface area contributed by atoms with E-state index < -0.39 is 35.8 Å². The van der Waals surface area contributed by atoms with Crippen molar-refractivity contribution in [1.29, 1.82) is 0 Å². The molecule has 3 aromatic carbocycles. The molecule has 3 aliphatic rings. The van der Waals surface area contributed by atoms with Crippen molar-refractivity contribution in [2.45, 2.75) is 84.4 Å². The van der Waals surface area contributed by atoms with Crippen LogP contribution in [0, 0.1) is 12.3 Å². The Balaban J connectivity index is 0.834. The van der Waals surface area contributed by atoms with E-state index in [-0.39, 0.29) is 49.7 Å². The van der Waals surface area contributed by atoms with E-state index in [4.69, 9.17) is 42.1 Å². The number of allylic oxidation sites excluding steroid dienone is 1. The van der Waals surface area contributed by atoms with Gasteiger partial charge in [-0.15, -0.1) is 11.3 Å². The number of likely N-dealkylation sites (tertiary alicyclic amines) is 1. The second-order valence-electron chi connectivity index (χ2n) is 19.1.